The highest BCUT2D eigenvalue weighted by Crippen LogP contribution is 2.58. The van der Waals surface area contributed by atoms with Crippen LogP contribution in [0.15, 0.2) is 0 Å². The molecule has 0 aromatic carbocycles. The topological polar surface area (TPSA) is 44.4 Å². The van der Waals surface area contributed by atoms with Crippen LogP contribution in [-0.2, 0) is 4.79 Å². The van der Waals surface area contributed by atoms with E-state index in [1.807, 2.05) is 0 Å². The van der Waals surface area contributed by atoms with Crippen molar-refractivity contribution in [1.29, 1.82) is 0 Å². The lowest BCUT2D eigenvalue weighted by Crippen LogP contribution is -2.34. The van der Waals surface area contributed by atoms with Gasteiger partial charge in [0.15, 0.2) is 0 Å². The van der Waals surface area contributed by atoms with E-state index in [1.54, 1.807) is 0 Å². The molecule has 0 bridgehead atoms. The number of nitrogens with zero attached hydrogens (tertiary/aromatic N) is 1. The lowest BCUT2D eigenvalue weighted by molar-refractivity contribution is -0.123. The van der Waals surface area contributed by atoms with Crippen molar-refractivity contribution in [2.75, 3.05) is 39.3 Å². The smallest absolute Gasteiger partial charge is 0.223 e. The number of piperidine rings is 1. The van der Waals surface area contributed by atoms with E-state index < -0.39 is 0 Å². The fourth-order valence-corrected chi connectivity index (χ4v) is 3.84. The molecule has 1 amide bonds. The molecule has 3 rings (SSSR count). The Hall–Kier alpha value is -0.0300. The Kier molecular flexibility index (Phi) is 7.75. The first-order valence-electron chi connectivity index (χ1n) is 8.01. The number of hydrogen-bond acceptors (Lipinski definition) is 3. The van der Waals surface area contributed by atoms with E-state index in [0.717, 1.165) is 39.0 Å². The normalized spacial score (nSPS) is 26.8. The molecular weight excluding hydrogens is 309 g/mol. The second kappa shape index (κ2) is 8.56. The van der Waals surface area contributed by atoms with Crippen LogP contribution in [0.3, 0.4) is 0 Å². The van der Waals surface area contributed by atoms with Crippen molar-refractivity contribution in [3.8, 4) is 0 Å². The number of hydrogen-bond donors (Lipinski definition) is 2. The van der Waals surface area contributed by atoms with Gasteiger partial charge in [0, 0.05) is 12.5 Å². The van der Waals surface area contributed by atoms with Gasteiger partial charge in [-0.05, 0) is 76.7 Å². The van der Waals surface area contributed by atoms with E-state index >= 15 is 0 Å². The van der Waals surface area contributed by atoms with Gasteiger partial charge in [-0.2, -0.15) is 0 Å². The molecule has 2 saturated heterocycles. The Morgan fingerprint density at radius 3 is 2.52 bits per heavy atom. The highest BCUT2D eigenvalue weighted by atomic mass is 35.5. The molecule has 1 unspecified atom stereocenters. The van der Waals surface area contributed by atoms with Crippen LogP contribution < -0.4 is 10.6 Å². The summed E-state index contributed by atoms with van der Waals surface area (Å²) in [5.74, 6) is 0.643. The monoisotopic (exact) mass is 337 g/mol. The number of halogens is 2. The molecule has 4 nitrogen and oxygen atoms in total. The maximum Gasteiger partial charge on any atom is 0.223 e. The van der Waals surface area contributed by atoms with Crippen LogP contribution in [0.2, 0.25) is 0 Å². The van der Waals surface area contributed by atoms with Gasteiger partial charge in [-0.15, -0.1) is 24.8 Å². The minimum absolute atomic E-state index is 0. The van der Waals surface area contributed by atoms with Crippen LogP contribution in [0.5, 0.6) is 0 Å². The Bertz CT molecular complexity index is 329. The van der Waals surface area contributed by atoms with Gasteiger partial charge >= 0.3 is 0 Å². The van der Waals surface area contributed by atoms with Crippen molar-refractivity contribution >= 4 is 30.7 Å². The third-order valence-corrected chi connectivity index (χ3v) is 5.25. The standard InChI is InChI=1S/C15H27N3O.2ClH/c19-14(13-12-15(13)4-7-16-8-5-15)17-6-3-11-18-9-1-2-10-18;;/h13,16H,1-12H2,(H,17,19);2*1H. The Morgan fingerprint density at radius 2 is 1.86 bits per heavy atom. The Morgan fingerprint density at radius 1 is 1.19 bits per heavy atom. The average Bonchev–Trinajstić information content (AvgIpc) is 2.89. The Balaban J connectivity index is 0.00000110. The van der Waals surface area contributed by atoms with Gasteiger partial charge in [-0.3, -0.25) is 4.79 Å². The molecule has 3 aliphatic rings. The van der Waals surface area contributed by atoms with Crippen LogP contribution in [0.1, 0.15) is 38.5 Å². The van der Waals surface area contributed by atoms with Crippen molar-refractivity contribution < 1.29 is 4.79 Å². The molecule has 1 spiro atoms. The van der Waals surface area contributed by atoms with Gasteiger partial charge in [0.05, 0.1) is 0 Å². The SMILES string of the molecule is Cl.Cl.O=C(NCCCN1CCCC1)C1CC12CCNCC2. The summed E-state index contributed by atoms with van der Waals surface area (Å²) in [7, 11) is 0. The molecule has 1 saturated carbocycles. The number of amides is 1. The number of carbonyl (C=O) groups is 1. The predicted molar refractivity (Wildman–Crippen MR) is 90.4 cm³/mol. The summed E-state index contributed by atoms with van der Waals surface area (Å²) in [6, 6.07) is 0. The van der Waals surface area contributed by atoms with E-state index in [2.05, 4.69) is 15.5 Å². The van der Waals surface area contributed by atoms with E-state index in [4.69, 9.17) is 0 Å². The van der Waals surface area contributed by atoms with Gasteiger partial charge in [-0.1, -0.05) is 0 Å². The van der Waals surface area contributed by atoms with Crippen LogP contribution in [0.25, 0.3) is 0 Å². The van der Waals surface area contributed by atoms with Crippen LogP contribution in [0.4, 0.5) is 0 Å². The molecule has 3 fully saturated rings. The zero-order chi connectivity index (χ0) is 13.1. The summed E-state index contributed by atoms with van der Waals surface area (Å²) in [5.41, 5.74) is 0.379. The zero-order valence-electron chi connectivity index (χ0n) is 12.7. The summed E-state index contributed by atoms with van der Waals surface area (Å²) in [6.07, 6.45) is 7.33. The van der Waals surface area contributed by atoms with Gasteiger partial charge in [0.25, 0.3) is 0 Å². The molecular formula is C15H29Cl2N3O. The summed E-state index contributed by atoms with van der Waals surface area (Å²) < 4.78 is 0. The fourth-order valence-electron chi connectivity index (χ4n) is 3.84. The molecule has 2 N–H and O–H groups in total. The lowest BCUT2D eigenvalue weighted by Gasteiger charge is -2.23. The molecule has 0 aromatic heterocycles. The quantitative estimate of drug-likeness (QED) is 0.752. The average molecular weight is 338 g/mol. The lowest BCUT2D eigenvalue weighted by atomic mass is 9.92. The maximum absolute atomic E-state index is 12.1. The van der Waals surface area contributed by atoms with Crippen molar-refractivity contribution in [3.63, 3.8) is 0 Å². The van der Waals surface area contributed by atoms with Crippen molar-refractivity contribution in [2.45, 2.75) is 38.5 Å². The van der Waals surface area contributed by atoms with Gasteiger partial charge in [0.2, 0.25) is 5.91 Å². The third kappa shape index (κ3) is 4.72. The van der Waals surface area contributed by atoms with Crippen molar-refractivity contribution in [1.82, 2.24) is 15.5 Å². The highest BCUT2D eigenvalue weighted by molar-refractivity contribution is 5.85. The first-order chi connectivity index (χ1) is 9.30. The Labute approximate surface area is 140 Å². The summed E-state index contributed by atoms with van der Waals surface area (Å²) in [6.45, 7) is 6.72. The largest absolute Gasteiger partial charge is 0.356 e. The second-order valence-electron chi connectivity index (χ2n) is 6.56. The number of carbonyl (C=O) groups excluding carboxylic acids is 1. The molecule has 2 aliphatic heterocycles. The number of rotatable bonds is 5. The zero-order valence-corrected chi connectivity index (χ0v) is 14.4. The first kappa shape index (κ1) is 19.0. The van der Waals surface area contributed by atoms with Crippen LogP contribution in [-0.4, -0.2) is 50.1 Å². The van der Waals surface area contributed by atoms with Crippen molar-refractivity contribution in [3.05, 3.63) is 0 Å². The summed E-state index contributed by atoms with van der Waals surface area (Å²) in [4.78, 5) is 14.6. The minimum atomic E-state index is 0. The second-order valence-corrected chi connectivity index (χ2v) is 6.56. The number of nitrogens with one attached hydrogen (secondary N) is 2. The van der Waals surface area contributed by atoms with Gasteiger partial charge in [-0.25, -0.2) is 0 Å². The van der Waals surface area contributed by atoms with Gasteiger partial charge in [0.1, 0.15) is 0 Å². The molecule has 21 heavy (non-hydrogen) atoms. The minimum Gasteiger partial charge on any atom is -0.356 e. The molecule has 6 heteroatoms. The van der Waals surface area contributed by atoms with Crippen LogP contribution >= 0.6 is 24.8 Å². The first-order valence-corrected chi connectivity index (χ1v) is 8.01. The van der Waals surface area contributed by atoms with Crippen molar-refractivity contribution in [2.24, 2.45) is 11.3 Å². The molecule has 1 aliphatic carbocycles. The molecule has 2 heterocycles. The van der Waals surface area contributed by atoms with Crippen LogP contribution in [0, 0.1) is 11.3 Å². The molecule has 124 valence electrons. The highest BCUT2D eigenvalue weighted by Gasteiger charge is 2.57. The summed E-state index contributed by atoms with van der Waals surface area (Å²) >= 11 is 0. The third-order valence-electron chi connectivity index (χ3n) is 5.25. The molecule has 1 atom stereocenters. The maximum atomic E-state index is 12.1. The molecule has 0 radical (unpaired) electrons. The van der Waals surface area contributed by atoms with Gasteiger partial charge < -0.3 is 15.5 Å². The van der Waals surface area contributed by atoms with E-state index in [1.165, 1.54) is 38.8 Å². The molecule has 0 aromatic rings. The fraction of sp³-hybridized carbons (Fsp3) is 0.933. The number of likely N-dealkylation sites (tertiary alicyclic amines) is 1. The summed E-state index contributed by atoms with van der Waals surface area (Å²) in [5, 5.41) is 6.54. The van der Waals surface area contributed by atoms with E-state index in [-0.39, 0.29) is 24.8 Å². The van der Waals surface area contributed by atoms with E-state index in [0.29, 0.717) is 17.2 Å². The predicted octanol–water partition coefficient (Wildman–Crippen LogP) is 1.82. The van der Waals surface area contributed by atoms with E-state index in [9.17, 15) is 4.79 Å².